The summed E-state index contributed by atoms with van der Waals surface area (Å²) in [5, 5.41) is 9.04. The molecule has 2 aliphatic rings. The Morgan fingerprint density at radius 3 is 2.40 bits per heavy atom. The van der Waals surface area contributed by atoms with E-state index in [0.717, 1.165) is 12.8 Å². The second kappa shape index (κ2) is 7.01. The predicted molar refractivity (Wildman–Crippen MR) is 73.3 cm³/mol. The maximum Gasteiger partial charge on any atom is 0.237 e. The summed E-state index contributed by atoms with van der Waals surface area (Å²) in [6.07, 6.45) is 3.56. The number of aliphatic hydroxyl groups is 1. The van der Waals surface area contributed by atoms with Crippen LogP contribution >= 0.6 is 0 Å². The number of carbonyl (C=O) groups excluding carboxylic acids is 2. The van der Waals surface area contributed by atoms with Crippen LogP contribution < -0.4 is 11.3 Å². The maximum atomic E-state index is 12.2. The van der Waals surface area contributed by atoms with E-state index >= 15 is 0 Å². The van der Waals surface area contributed by atoms with Gasteiger partial charge < -0.3 is 10.0 Å². The Kier molecular flexibility index (Phi) is 5.33. The van der Waals surface area contributed by atoms with Gasteiger partial charge in [0.1, 0.15) is 0 Å². The van der Waals surface area contributed by atoms with E-state index in [4.69, 9.17) is 10.9 Å². The summed E-state index contributed by atoms with van der Waals surface area (Å²) >= 11 is 0. The first-order valence-electron chi connectivity index (χ1n) is 7.29. The third kappa shape index (κ3) is 3.91. The smallest absolute Gasteiger partial charge is 0.237 e. The lowest BCUT2D eigenvalue weighted by Gasteiger charge is -2.32. The van der Waals surface area contributed by atoms with Gasteiger partial charge in [-0.3, -0.25) is 19.9 Å². The van der Waals surface area contributed by atoms with Crippen molar-refractivity contribution < 1.29 is 14.7 Å². The van der Waals surface area contributed by atoms with E-state index in [9.17, 15) is 9.59 Å². The Labute approximate surface area is 119 Å². The molecule has 0 aromatic carbocycles. The Morgan fingerprint density at radius 1 is 1.25 bits per heavy atom. The average molecular weight is 284 g/mol. The SMILES string of the molecule is NNC(=O)C1CCN(C(=O)CN(CCO)C2CC2)CC1. The third-order valence-corrected chi connectivity index (χ3v) is 4.15. The van der Waals surface area contributed by atoms with Crippen LogP contribution in [0.3, 0.4) is 0 Å². The summed E-state index contributed by atoms with van der Waals surface area (Å²) in [5.41, 5.74) is 2.17. The van der Waals surface area contributed by atoms with Gasteiger partial charge >= 0.3 is 0 Å². The summed E-state index contributed by atoms with van der Waals surface area (Å²) in [6, 6.07) is 0.464. The minimum absolute atomic E-state index is 0.0824. The van der Waals surface area contributed by atoms with Gasteiger partial charge in [-0.25, -0.2) is 5.84 Å². The lowest BCUT2D eigenvalue weighted by atomic mass is 9.96. The van der Waals surface area contributed by atoms with Crippen molar-refractivity contribution >= 4 is 11.8 Å². The average Bonchev–Trinajstić information content (AvgIpc) is 3.30. The highest BCUT2D eigenvalue weighted by Gasteiger charge is 2.32. The number of hydrazine groups is 1. The summed E-state index contributed by atoms with van der Waals surface area (Å²) < 4.78 is 0. The fourth-order valence-electron chi connectivity index (χ4n) is 2.74. The van der Waals surface area contributed by atoms with Crippen molar-refractivity contribution in [3.05, 3.63) is 0 Å². The van der Waals surface area contributed by atoms with Crippen LogP contribution in [0.2, 0.25) is 0 Å². The van der Waals surface area contributed by atoms with Crippen LogP contribution in [0, 0.1) is 5.92 Å². The fraction of sp³-hybridized carbons (Fsp3) is 0.846. The summed E-state index contributed by atoms with van der Waals surface area (Å²) in [7, 11) is 0. The lowest BCUT2D eigenvalue weighted by molar-refractivity contribution is -0.136. The molecule has 1 saturated carbocycles. The minimum atomic E-state index is -0.142. The molecular weight excluding hydrogens is 260 g/mol. The Balaban J connectivity index is 1.77. The van der Waals surface area contributed by atoms with E-state index < -0.39 is 0 Å². The van der Waals surface area contributed by atoms with Gasteiger partial charge in [-0.15, -0.1) is 0 Å². The molecule has 20 heavy (non-hydrogen) atoms. The molecular formula is C13H24N4O3. The van der Waals surface area contributed by atoms with Crippen LogP contribution in [0.4, 0.5) is 0 Å². The fourth-order valence-corrected chi connectivity index (χ4v) is 2.74. The van der Waals surface area contributed by atoms with Crippen molar-refractivity contribution in [2.24, 2.45) is 11.8 Å². The molecule has 0 unspecified atom stereocenters. The lowest BCUT2D eigenvalue weighted by Crippen LogP contribution is -2.48. The zero-order valence-corrected chi connectivity index (χ0v) is 11.8. The second-order valence-corrected chi connectivity index (χ2v) is 5.59. The molecule has 0 bridgehead atoms. The molecule has 0 radical (unpaired) electrons. The van der Waals surface area contributed by atoms with Crippen molar-refractivity contribution in [3.8, 4) is 0 Å². The Hall–Kier alpha value is -1.18. The van der Waals surface area contributed by atoms with Crippen LogP contribution in [-0.2, 0) is 9.59 Å². The third-order valence-electron chi connectivity index (χ3n) is 4.15. The first-order valence-corrected chi connectivity index (χ1v) is 7.29. The van der Waals surface area contributed by atoms with Crippen LogP contribution in [0.25, 0.3) is 0 Å². The van der Waals surface area contributed by atoms with E-state index in [2.05, 4.69) is 10.3 Å². The quantitative estimate of drug-likeness (QED) is 0.319. The van der Waals surface area contributed by atoms with Crippen molar-refractivity contribution in [2.45, 2.75) is 31.7 Å². The number of aliphatic hydroxyl groups excluding tert-OH is 1. The molecule has 0 spiro atoms. The molecule has 0 aromatic heterocycles. The van der Waals surface area contributed by atoms with Crippen molar-refractivity contribution in [2.75, 3.05) is 32.8 Å². The molecule has 2 rings (SSSR count). The van der Waals surface area contributed by atoms with Gasteiger partial charge in [0.25, 0.3) is 0 Å². The highest BCUT2D eigenvalue weighted by molar-refractivity contribution is 5.80. The number of likely N-dealkylation sites (tertiary alicyclic amines) is 1. The van der Waals surface area contributed by atoms with E-state index in [1.54, 1.807) is 0 Å². The van der Waals surface area contributed by atoms with Crippen LogP contribution in [0.15, 0.2) is 0 Å². The predicted octanol–water partition coefficient (Wildman–Crippen LogP) is -1.33. The highest BCUT2D eigenvalue weighted by atomic mass is 16.3. The summed E-state index contributed by atoms with van der Waals surface area (Å²) in [4.78, 5) is 27.5. The first kappa shape index (κ1) is 15.2. The molecule has 4 N–H and O–H groups in total. The van der Waals surface area contributed by atoms with Crippen LogP contribution in [0.5, 0.6) is 0 Å². The van der Waals surface area contributed by atoms with Gasteiger partial charge in [-0.2, -0.15) is 0 Å². The van der Waals surface area contributed by atoms with Gasteiger partial charge in [0.05, 0.1) is 13.2 Å². The second-order valence-electron chi connectivity index (χ2n) is 5.59. The molecule has 2 amide bonds. The molecule has 0 aromatic rings. The molecule has 2 fully saturated rings. The monoisotopic (exact) mass is 284 g/mol. The van der Waals surface area contributed by atoms with Crippen molar-refractivity contribution in [1.29, 1.82) is 0 Å². The van der Waals surface area contributed by atoms with Crippen LogP contribution in [-0.4, -0.2) is 65.5 Å². The van der Waals surface area contributed by atoms with Gasteiger partial charge in [0, 0.05) is 31.6 Å². The van der Waals surface area contributed by atoms with E-state index in [0.29, 0.717) is 45.1 Å². The number of nitrogens with zero attached hydrogens (tertiary/aromatic N) is 2. The van der Waals surface area contributed by atoms with Gasteiger partial charge in [0.2, 0.25) is 11.8 Å². The topological polar surface area (TPSA) is 98.9 Å². The van der Waals surface area contributed by atoms with Crippen molar-refractivity contribution in [1.82, 2.24) is 15.2 Å². The number of amides is 2. The summed E-state index contributed by atoms with van der Waals surface area (Å²) in [5.74, 6) is 5.00. The van der Waals surface area contributed by atoms with Gasteiger partial charge in [-0.05, 0) is 25.7 Å². The zero-order valence-electron chi connectivity index (χ0n) is 11.8. The maximum absolute atomic E-state index is 12.2. The number of rotatable bonds is 6. The molecule has 0 atom stereocenters. The standard InChI is InChI=1S/C13H24N4O3/c14-15-13(20)10-3-5-16(6-4-10)12(19)9-17(7-8-18)11-1-2-11/h10-11,18H,1-9,14H2,(H,15,20). The van der Waals surface area contributed by atoms with E-state index in [1.807, 2.05) is 4.90 Å². The molecule has 1 heterocycles. The molecule has 114 valence electrons. The minimum Gasteiger partial charge on any atom is -0.395 e. The normalized spacial score (nSPS) is 20.2. The largest absolute Gasteiger partial charge is 0.395 e. The Bertz CT molecular complexity index is 352. The number of hydrogen-bond acceptors (Lipinski definition) is 5. The van der Waals surface area contributed by atoms with E-state index in [-0.39, 0.29) is 24.3 Å². The molecule has 1 saturated heterocycles. The molecule has 1 aliphatic carbocycles. The highest BCUT2D eigenvalue weighted by Crippen LogP contribution is 2.26. The van der Waals surface area contributed by atoms with Gasteiger partial charge in [-0.1, -0.05) is 0 Å². The molecule has 7 nitrogen and oxygen atoms in total. The first-order chi connectivity index (χ1) is 9.65. The number of nitrogens with one attached hydrogen (secondary N) is 1. The number of nitrogens with two attached hydrogens (primary N) is 1. The van der Waals surface area contributed by atoms with Crippen molar-refractivity contribution in [3.63, 3.8) is 0 Å². The summed E-state index contributed by atoms with van der Waals surface area (Å²) in [6.45, 7) is 2.23. The van der Waals surface area contributed by atoms with E-state index in [1.165, 1.54) is 0 Å². The number of carbonyl (C=O) groups is 2. The molecule has 1 aliphatic heterocycles. The van der Waals surface area contributed by atoms with Crippen LogP contribution in [0.1, 0.15) is 25.7 Å². The zero-order chi connectivity index (χ0) is 14.5. The number of hydrogen-bond donors (Lipinski definition) is 3. The number of piperidine rings is 1. The van der Waals surface area contributed by atoms with Gasteiger partial charge in [0.15, 0.2) is 0 Å². The Morgan fingerprint density at radius 2 is 1.90 bits per heavy atom. The molecule has 7 heteroatoms.